The van der Waals surface area contributed by atoms with Crippen molar-refractivity contribution in [3.63, 3.8) is 0 Å². The quantitative estimate of drug-likeness (QED) is 0.186. The number of carbonyl (C=O) groups excluding carboxylic acids is 4. The van der Waals surface area contributed by atoms with Crippen LogP contribution in [0.2, 0.25) is 0 Å². The number of hydrogen-bond acceptors (Lipinski definition) is 6. The molecule has 4 aromatic carbocycles. The van der Waals surface area contributed by atoms with E-state index in [1.54, 1.807) is 24.3 Å². The largest absolute Gasteiger partial charge is 0.449 e. The van der Waals surface area contributed by atoms with Gasteiger partial charge < -0.3 is 9.47 Å². The number of nitrogens with zero attached hydrogens (tertiary/aromatic N) is 2. The minimum atomic E-state index is -0.817. The molecule has 2 amide bonds. The summed E-state index contributed by atoms with van der Waals surface area (Å²) in [4.78, 5) is 53.8. The Morgan fingerprint density at radius 1 is 0.463 bits per heavy atom. The van der Waals surface area contributed by atoms with Gasteiger partial charge >= 0.3 is 12.2 Å². The Bertz CT molecular complexity index is 2510. The van der Waals surface area contributed by atoms with Crippen LogP contribution in [0.4, 0.5) is 9.59 Å². The fourth-order valence-corrected chi connectivity index (χ4v) is 10.9. The number of alkyl halides is 6. The highest BCUT2D eigenvalue weighted by molar-refractivity contribution is 6.41. The predicted molar refractivity (Wildman–Crippen MR) is 269 cm³/mol. The van der Waals surface area contributed by atoms with Crippen molar-refractivity contribution in [2.75, 3.05) is 29.2 Å². The summed E-state index contributed by atoms with van der Waals surface area (Å²) in [7, 11) is 0. The van der Waals surface area contributed by atoms with Crippen molar-refractivity contribution in [1.82, 2.24) is 9.80 Å². The van der Waals surface area contributed by atoms with Crippen molar-refractivity contribution < 1.29 is 28.7 Å². The van der Waals surface area contributed by atoms with E-state index in [0.717, 1.165) is 35.1 Å². The van der Waals surface area contributed by atoms with Gasteiger partial charge in [0, 0.05) is 11.8 Å². The highest BCUT2D eigenvalue weighted by Gasteiger charge is 2.60. The predicted octanol–water partition coefficient (Wildman–Crippen LogP) is 12.3. The van der Waals surface area contributed by atoms with E-state index in [1.165, 1.54) is 33.4 Å². The van der Waals surface area contributed by atoms with Gasteiger partial charge in [-0.15, -0.1) is 69.6 Å². The number of hydrogen-bond donors (Lipinski definition) is 0. The molecule has 0 unspecified atom stereocenters. The molecule has 0 N–H and O–H groups in total. The van der Waals surface area contributed by atoms with Gasteiger partial charge in [-0.05, 0) is 117 Å². The average molecular weight is 1020 g/mol. The van der Waals surface area contributed by atoms with E-state index in [1.807, 2.05) is 70.5 Å². The molecule has 4 aliphatic carbocycles. The Morgan fingerprint density at radius 2 is 0.776 bits per heavy atom. The number of halogens is 6. The number of cyclic esters (lactones) is 2. The third-order valence-electron chi connectivity index (χ3n) is 13.1. The molecule has 4 heterocycles. The summed E-state index contributed by atoms with van der Waals surface area (Å²) in [6.45, 7) is 0.838. The van der Waals surface area contributed by atoms with Gasteiger partial charge in [0.05, 0.1) is 41.3 Å². The lowest BCUT2D eigenvalue weighted by atomic mass is 9.74. The van der Waals surface area contributed by atoms with Crippen LogP contribution in [0.25, 0.3) is 22.3 Å². The zero-order chi connectivity index (χ0) is 47.3. The number of rotatable bonds is 2. The van der Waals surface area contributed by atoms with Crippen molar-refractivity contribution in [2.45, 2.75) is 36.0 Å². The standard InChI is InChI=1S/2C25H19NO3.3CH2Cl2/c2*27-19-10-12-25(13-11-19)22(16-6-2-1-3-7-16)21-20-9-5-4-8-17(20)14-18-15-29-24(28)26(25)23(18)21;3*2-1-3/h2*1-13,18,23H,14-15H2;3*1H2/t2*18-,23-;;;/m00.../s1. The lowest BCUT2D eigenvalue weighted by Gasteiger charge is -2.46. The number of fused-ring (bicyclic) bond motifs is 6. The Balaban J connectivity index is 0.000000155. The molecule has 14 heteroatoms. The van der Waals surface area contributed by atoms with Gasteiger partial charge in [0.1, 0.15) is 11.1 Å². The molecule has 2 spiro atoms. The third kappa shape index (κ3) is 8.82. The van der Waals surface area contributed by atoms with Gasteiger partial charge in [0.25, 0.3) is 0 Å². The minimum absolute atomic E-state index is 0.0646. The minimum Gasteiger partial charge on any atom is -0.449 e. The second kappa shape index (κ2) is 21.1. The Kier molecular flexibility index (Phi) is 15.2. The monoisotopic (exact) mass is 1010 g/mol. The number of allylic oxidation sites excluding steroid dienone is 4. The zero-order valence-corrected chi connectivity index (χ0v) is 40.4. The number of carbonyl (C=O) groups is 4. The van der Waals surface area contributed by atoms with Crippen LogP contribution in [-0.4, -0.2) is 85.9 Å². The SMILES string of the molecule is ClCCl.ClCCl.ClCCl.O=C1C=CC2(C=C1)C(c1ccccc1)=C1c3ccccc3C[C@H]3COC(=O)N2[C@H]13.O=C1C=CC2(C=C1)C(c1ccccc1)=C1c3ccccc3C[C@H]3COC(=O)N2[C@H]13. The maximum absolute atomic E-state index is 13.1. The van der Waals surface area contributed by atoms with Crippen LogP contribution in [-0.2, 0) is 31.9 Å². The molecule has 344 valence electrons. The lowest BCUT2D eigenvalue weighted by Crippen LogP contribution is -2.58. The first-order valence-electron chi connectivity index (χ1n) is 21.5. The van der Waals surface area contributed by atoms with Crippen LogP contribution in [0.15, 0.2) is 158 Å². The van der Waals surface area contributed by atoms with Gasteiger partial charge in [-0.1, -0.05) is 109 Å². The normalized spacial score (nSPS) is 23.2. The van der Waals surface area contributed by atoms with E-state index >= 15 is 0 Å². The first-order valence-corrected chi connectivity index (χ1v) is 24.7. The van der Waals surface area contributed by atoms with Crippen molar-refractivity contribution in [3.8, 4) is 0 Å². The number of ether oxygens (including phenoxy) is 2. The van der Waals surface area contributed by atoms with Crippen molar-refractivity contribution >= 4 is 116 Å². The van der Waals surface area contributed by atoms with Crippen LogP contribution in [0.3, 0.4) is 0 Å². The third-order valence-corrected chi connectivity index (χ3v) is 13.1. The molecule has 4 atom stereocenters. The van der Waals surface area contributed by atoms with E-state index in [-0.39, 0.29) is 63.7 Å². The Labute approximate surface area is 419 Å². The maximum Gasteiger partial charge on any atom is 0.411 e. The number of amides is 2. The molecule has 2 saturated heterocycles. The van der Waals surface area contributed by atoms with Crippen LogP contribution in [0, 0.1) is 11.8 Å². The van der Waals surface area contributed by atoms with Crippen molar-refractivity contribution in [1.29, 1.82) is 0 Å². The summed E-state index contributed by atoms with van der Waals surface area (Å²) >= 11 is 28.6. The molecule has 4 aliphatic heterocycles. The number of ketones is 2. The fourth-order valence-electron chi connectivity index (χ4n) is 10.9. The molecule has 2 fully saturated rings. The lowest BCUT2D eigenvalue weighted by molar-refractivity contribution is -0.111. The topological polar surface area (TPSA) is 93.2 Å². The van der Waals surface area contributed by atoms with Gasteiger partial charge in [-0.3, -0.25) is 19.4 Å². The molecule has 4 aromatic rings. The first kappa shape index (κ1) is 48.4. The van der Waals surface area contributed by atoms with E-state index in [9.17, 15) is 19.2 Å². The van der Waals surface area contributed by atoms with Crippen LogP contribution in [0.1, 0.15) is 33.4 Å². The summed E-state index contributed by atoms with van der Waals surface area (Å²) in [5.41, 5.74) is 9.95. The molecule has 8 aliphatic rings. The number of benzene rings is 4. The van der Waals surface area contributed by atoms with Gasteiger partial charge in [-0.25, -0.2) is 9.59 Å². The molecule has 0 aromatic heterocycles. The smallest absolute Gasteiger partial charge is 0.411 e. The Hall–Kier alpha value is -5.06. The summed E-state index contributed by atoms with van der Waals surface area (Å²) < 4.78 is 11.3. The highest BCUT2D eigenvalue weighted by Crippen LogP contribution is 2.58. The van der Waals surface area contributed by atoms with E-state index in [4.69, 9.17) is 79.1 Å². The molecule has 0 saturated carbocycles. The summed E-state index contributed by atoms with van der Waals surface area (Å²) in [6, 6.07) is 37.1. The molecular formula is C53H44Cl6N2O6. The van der Waals surface area contributed by atoms with Crippen LogP contribution in [0.5, 0.6) is 0 Å². The first-order chi connectivity index (χ1) is 32.6. The molecule has 67 heavy (non-hydrogen) atoms. The summed E-state index contributed by atoms with van der Waals surface area (Å²) in [5, 5.41) is 0.583. The fraction of sp³-hybridized carbons (Fsp3) is 0.245. The Morgan fingerprint density at radius 3 is 1.12 bits per heavy atom. The van der Waals surface area contributed by atoms with Crippen LogP contribution >= 0.6 is 69.6 Å². The van der Waals surface area contributed by atoms with Gasteiger partial charge in [0.15, 0.2) is 11.6 Å². The van der Waals surface area contributed by atoms with E-state index in [2.05, 4.69) is 72.8 Å². The molecule has 0 bridgehead atoms. The molecule has 0 radical (unpaired) electrons. The van der Waals surface area contributed by atoms with Crippen LogP contribution < -0.4 is 0 Å². The van der Waals surface area contributed by atoms with E-state index < -0.39 is 11.1 Å². The second-order valence-corrected chi connectivity index (χ2v) is 18.9. The van der Waals surface area contributed by atoms with Gasteiger partial charge in [-0.2, -0.15) is 0 Å². The summed E-state index contributed by atoms with van der Waals surface area (Å²) in [5.74, 6) is 0.251. The van der Waals surface area contributed by atoms with E-state index in [0.29, 0.717) is 13.2 Å². The second-order valence-electron chi connectivity index (χ2n) is 16.4. The molecule has 8 nitrogen and oxygen atoms in total. The molecular weight excluding hydrogens is 973 g/mol. The van der Waals surface area contributed by atoms with Crippen molar-refractivity contribution in [3.05, 3.63) is 191 Å². The zero-order valence-electron chi connectivity index (χ0n) is 35.9. The molecule has 12 rings (SSSR count). The average Bonchev–Trinajstić information content (AvgIpc) is 3.82. The van der Waals surface area contributed by atoms with Gasteiger partial charge in [0.2, 0.25) is 0 Å². The maximum atomic E-state index is 13.1. The van der Waals surface area contributed by atoms with Crippen molar-refractivity contribution in [2.24, 2.45) is 11.8 Å². The summed E-state index contributed by atoms with van der Waals surface area (Å²) in [6.07, 6.45) is 14.9. The highest BCUT2D eigenvalue weighted by atomic mass is 35.5.